The third-order valence-electron chi connectivity index (χ3n) is 1.47. The lowest BCUT2D eigenvalue weighted by molar-refractivity contribution is 0.371. The van der Waals surface area contributed by atoms with E-state index in [-0.39, 0.29) is 0 Å². The topological polar surface area (TPSA) is 39.7 Å². The Labute approximate surface area is 61.3 Å². The fraction of sp³-hybridized carbons (Fsp3) is 0.833. The molecular weight excluding hydrogens is 128 g/mol. The summed E-state index contributed by atoms with van der Waals surface area (Å²) in [7, 11) is 3.93. The molecule has 1 rings (SSSR count). The smallest absolute Gasteiger partial charge is 0.125 e. The summed E-state index contributed by atoms with van der Waals surface area (Å²) in [6, 6.07) is 0. The van der Waals surface area contributed by atoms with Crippen molar-refractivity contribution in [1.82, 2.24) is 15.8 Å². The van der Waals surface area contributed by atoms with E-state index in [0.717, 1.165) is 25.5 Å². The molecule has 4 heteroatoms. The van der Waals surface area contributed by atoms with Gasteiger partial charge in [0.15, 0.2) is 0 Å². The van der Waals surface area contributed by atoms with Gasteiger partial charge in [-0.3, -0.25) is 9.89 Å². The number of nitrogens with one attached hydrogen (secondary N) is 2. The van der Waals surface area contributed by atoms with Gasteiger partial charge < -0.3 is 5.43 Å². The molecule has 0 bridgehead atoms. The largest absolute Gasteiger partial charge is 0.309 e. The standard InChI is InChI=1S/C6H14N4/c1-7-9-6-5-10(2)4-3-8-6/h7H,3-5H2,1-2H3,(H,8,9). The summed E-state index contributed by atoms with van der Waals surface area (Å²) in [5.41, 5.74) is 5.82. The number of nitrogens with zero attached hydrogens (tertiary/aromatic N) is 2. The third kappa shape index (κ3) is 1.97. The van der Waals surface area contributed by atoms with Crippen molar-refractivity contribution < 1.29 is 0 Å². The van der Waals surface area contributed by atoms with Gasteiger partial charge >= 0.3 is 0 Å². The fourth-order valence-corrected chi connectivity index (χ4v) is 0.964. The maximum atomic E-state index is 4.27. The first-order valence-corrected chi connectivity index (χ1v) is 3.47. The zero-order valence-corrected chi connectivity index (χ0v) is 6.52. The minimum Gasteiger partial charge on any atom is -0.309 e. The Balaban J connectivity index is 2.36. The van der Waals surface area contributed by atoms with Gasteiger partial charge in [-0.1, -0.05) is 0 Å². The molecule has 1 aliphatic heterocycles. The van der Waals surface area contributed by atoms with E-state index in [1.807, 2.05) is 7.05 Å². The highest BCUT2D eigenvalue weighted by atomic mass is 15.4. The Hall–Kier alpha value is -0.610. The number of hydrogen-bond donors (Lipinski definition) is 2. The molecule has 0 spiro atoms. The number of hydrogen-bond acceptors (Lipinski definition) is 4. The molecule has 0 amide bonds. The summed E-state index contributed by atoms with van der Waals surface area (Å²) in [5.74, 6) is 1.02. The molecule has 58 valence electrons. The lowest BCUT2D eigenvalue weighted by Crippen LogP contribution is -2.44. The number of amidine groups is 1. The monoisotopic (exact) mass is 142 g/mol. The average Bonchev–Trinajstić information content (AvgIpc) is 1.88. The van der Waals surface area contributed by atoms with E-state index in [1.54, 1.807) is 0 Å². The van der Waals surface area contributed by atoms with Gasteiger partial charge in [0, 0.05) is 13.6 Å². The van der Waals surface area contributed by atoms with Crippen LogP contribution in [-0.2, 0) is 0 Å². The van der Waals surface area contributed by atoms with Gasteiger partial charge in [0.2, 0.25) is 0 Å². The molecule has 0 aromatic carbocycles. The first kappa shape index (κ1) is 7.50. The first-order chi connectivity index (χ1) is 4.83. The van der Waals surface area contributed by atoms with Gasteiger partial charge in [-0.05, 0) is 7.05 Å². The molecule has 0 aliphatic carbocycles. The van der Waals surface area contributed by atoms with E-state index in [0.29, 0.717) is 0 Å². The number of hydrazine groups is 1. The van der Waals surface area contributed by atoms with Crippen LogP contribution in [0.2, 0.25) is 0 Å². The van der Waals surface area contributed by atoms with Gasteiger partial charge in [-0.2, -0.15) is 0 Å². The van der Waals surface area contributed by atoms with Crippen LogP contribution in [0.15, 0.2) is 4.99 Å². The van der Waals surface area contributed by atoms with E-state index < -0.39 is 0 Å². The third-order valence-corrected chi connectivity index (χ3v) is 1.47. The Morgan fingerprint density at radius 2 is 2.40 bits per heavy atom. The van der Waals surface area contributed by atoms with Crippen molar-refractivity contribution in [3.05, 3.63) is 0 Å². The molecule has 10 heavy (non-hydrogen) atoms. The molecule has 0 unspecified atom stereocenters. The predicted molar refractivity (Wildman–Crippen MR) is 42.0 cm³/mol. The van der Waals surface area contributed by atoms with E-state index in [1.165, 1.54) is 0 Å². The Kier molecular flexibility index (Phi) is 2.65. The lowest BCUT2D eigenvalue weighted by atomic mass is 10.4. The van der Waals surface area contributed by atoms with Gasteiger partial charge in [0.1, 0.15) is 5.84 Å². The highest BCUT2D eigenvalue weighted by Gasteiger charge is 2.07. The van der Waals surface area contributed by atoms with Crippen LogP contribution in [-0.4, -0.2) is 44.5 Å². The highest BCUT2D eigenvalue weighted by Crippen LogP contribution is 1.90. The maximum absolute atomic E-state index is 4.27. The molecule has 0 saturated heterocycles. The molecule has 0 fully saturated rings. The maximum Gasteiger partial charge on any atom is 0.125 e. The molecule has 0 radical (unpaired) electrons. The molecule has 0 aromatic heterocycles. The molecule has 1 heterocycles. The van der Waals surface area contributed by atoms with E-state index >= 15 is 0 Å². The SMILES string of the molecule is CNNC1=NCCN(C)C1. The summed E-state index contributed by atoms with van der Waals surface area (Å²) in [5, 5.41) is 0. The van der Waals surface area contributed by atoms with E-state index in [9.17, 15) is 0 Å². The van der Waals surface area contributed by atoms with Crippen molar-refractivity contribution in [3.8, 4) is 0 Å². The van der Waals surface area contributed by atoms with Gasteiger partial charge in [0.05, 0.1) is 13.1 Å². The van der Waals surface area contributed by atoms with Crippen LogP contribution < -0.4 is 10.9 Å². The van der Waals surface area contributed by atoms with Crippen LogP contribution in [0, 0.1) is 0 Å². The Morgan fingerprint density at radius 1 is 1.60 bits per heavy atom. The second-order valence-electron chi connectivity index (χ2n) is 2.44. The normalized spacial score (nSPS) is 20.4. The summed E-state index contributed by atoms with van der Waals surface area (Å²) >= 11 is 0. The van der Waals surface area contributed by atoms with Crippen LogP contribution in [0.4, 0.5) is 0 Å². The van der Waals surface area contributed by atoms with Crippen LogP contribution in [0.5, 0.6) is 0 Å². The predicted octanol–water partition coefficient (Wildman–Crippen LogP) is -0.946. The molecule has 0 aromatic rings. The number of likely N-dealkylation sites (N-methyl/N-ethyl adjacent to an activating group) is 1. The number of rotatable bonds is 1. The summed E-state index contributed by atoms with van der Waals surface area (Å²) < 4.78 is 0. The van der Waals surface area contributed by atoms with Crippen molar-refractivity contribution in [2.75, 3.05) is 33.7 Å². The zero-order valence-electron chi connectivity index (χ0n) is 6.52. The van der Waals surface area contributed by atoms with Crippen molar-refractivity contribution in [3.63, 3.8) is 0 Å². The lowest BCUT2D eigenvalue weighted by Gasteiger charge is -2.22. The molecular formula is C6H14N4. The number of aliphatic imine (C=N–C) groups is 1. The van der Waals surface area contributed by atoms with Crippen LogP contribution in [0.25, 0.3) is 0 Å². The van der Waals surface area contributed by atoms with Crippen LogP contribution >= 0.6 is 0 Å². The minimum absolute atomic E-state index is 0.903. The van der Waals surface area contributed by atoms with Crippen molar-refractivity contribution >= 4 is 5.84 Å². The minimum atomic E-state index is 0.903. The molecule has 0 atom stereocenters. The van der Waals surface area contributed by atoms with Crippen molar-refractivity contribution in [1.29, 1.82) is 0 Å². The molecule has 0 saturated carbocycles. The summed E-state index contributed by atoms with van der Waals surface area (Å²) in [4.78, 5) is 6.50. The quantitative estimate of drug-likeness (QED) is 0.464. The van der Waals surface area contributed by atoms with Crippen LogP contribution in [0.1, 0.15) is 0 Å². The van der Waals surface area contributed by atoms with Crippen molar-refractivity contribution in [2.24, 2.45) is 4.99 Å². The Morgan fingerprint density at radius 3 is 3.00 bits per heavy atom. The fourth-order valence-electron chi connectivity index (χ4n) is 0.964. The second-order valence-corrected chi connectivity index (χ2v) is 2.44. The zero-order chi connectivity index (χ0) is 7.40. The Bertz CT molecular complexity index is 132. The molecule has 1 aliphatic rings. The van der Waals surface area contributed by atoms with Crippen molar-refractivity contribution in [2.45, 2.75) is 0 Å². The van der Waals surface area contributed by atoms with Gasteiger partial charge in [0.25, 0.3) is 0 Å². The second kappa shape index (κ2) is 3.53. The summed E-state index contributed by atoms with van der Waals surface area (Å²) in [6.07, 6.45) is 0. The van der Waals surface area contributed by atoms with Gasteiger partial charge in [-0.25, -0.2) is 5.43 Å². The van der Waals surface area contributed by atoms with Gasteiger partial charge in [-0.15, -0.1) is 0 Å². The highest BCUT2D eigenvalue weighted by molar-refractivity contribution is 5.84. The average molecular weight is 142 g/mol. The van der Waals surface area contributed by atoms with E-state index in [2.05, 4.69) is 27.8 Å². The summed E-state index contributed by atoms with van der Waals surface area (Å²) in [6.45, 7) is 2.89. The first-order valence-electron chi connectivity index (χ1n) is 3.47. The van der Waals surface area contributed by atoms with Crippen LogP contribution in [0.3, 0.4) is 0 Å². The molecule has 2 N–H and O–H groups in total. The van der Waals surface area contributed by atoms with E-state index in [4.69, 9.17) is 0 Å². The molecule has 4 nitrogen and oxygen atoms in total.